The molecule has 0 radical (unpaired) electrons. The van der Waals surface area contributed by atoms with E-state index in [2.05, 4.69) is 37.5 Å². The number of halogens is 1. The molecule has 7 nitrogen and oxygen atoms in total. The van der Waals surface area contributed by atoms with E-state index >= 15 is 0 Å². The fourth-order valence-electron chi connectivity index (χ4n) is 2.35. The third-order valence-corrected chi connectivity index (χ3v) is 4.19. The third kappa shape index (κ3) is 3.11. The number of imidazole rings is 1. The molecule has 0 N–H and O–H groups in total. The molecule has 3 aromatic rings. The van der Waals surface area contributed by atoms with Gasteiger partial charge in [0.15, 0.2) is 5.65 Å². The van der Waals surface area contributed by atoms with Crippen molar-refractivity contribution >= 4 is 39.7 Å². The van der Waals surface area contributed by atoms with Gasteiger partial charge in [-0.1, -0.05) is 12.1 Å². The molecule has 0 atom stereocenters. The van der Waals surface area contributed by atoms with Crippen molar-refractivity contribution in [2.75, 3.05) is 13.7 Å². The molecule has 0 fully saturated rings. The lowest BCUT2D eigenvalue weighted by molar-refractivity contribution is 0.0526. The Morgan fingerprint density at radius 3 is 2.67 bits per heavy atom. The maximum atomic E-state index is 11.8. The lowest BCUT2D eigenvalue weighted by Gasteiger charge is -2.08. The fourth-order valence-corrected chi connectivity index (χ4v) is 2.84. The summed E-state index contributed by atoms with van der Waals surface area (Å²) in [7, 11) is 1.62. The second-order valence-corrected chi connectivity index (χ2v) is 5.94. The lowest BCUT2D eigenvalue weighted by atomic mass is 10.1. The van der Waals surface area contributed by atoms with Gasteiger partial charge >= 0.3 is 5.97 Å². The molecule has 24 heavy (non-hydrogen) atoms. The van der Waals surface area contributed by atoms with Crippen molar-refractivity contribution in [2.24, 2.45) is 0 Å². The van der Waals surface area contributed by atoms with Crippen LogP contribution in [0.3, 0.4) is 0 Å². The molecule has 0 saturated heterocycles. The van der Waals surface area contributed by atoms with Crippen molar-refractivity contribution in [1.82, 2.24) is 19.5 Å². The number of esters is 1. The van der Waals surface area contributed by atoms with Crippen LogP contribution in [-0.4, -0.2) is 39.2 Å². The average Bonchev–Trinajstić information content (AvgIpc) is 2.96. The molecule has 1 aromatic carbocycles. The minimum absolute atomic E-state index is 0.318. The predicted molar refractivity (Wildman–Crippen MR) is 96.4 cm³/mol. The van der Waals surface area contributed by atoms with Gasteiger partial charge in [0.2, 0.25) is 0 Å². The molecule has 0 saturated carbocycles. The zero-order chi connectivity index (χ0) is 17.1. The van der Waals surface area contributed by atoms with Crippen LogP contribution in [0.15, 0.2) is 30.6 Å². The highest BCUT2D eigenvalue weighted by Crippen LogP contribution is 2.26. The molecular weight excluding hydrogens is 423 g/mol. The van der Waals surface area contributed by atoms with E-state index in [-0.39, 0.29) is 5.97 Å². The zero-order valence-corrected chi connectivity index (χ0v) is 15.4. The summed E-state index contributed by atoms with van der Waals surface area (Å²) in [4.78, 5) is 24.9. The third-order valence-electron chi connectivity index (χ3n) is 3.40. The summed E-state index contributed by atoms with van der Waals surface area (Å²) < 4.78 is 12.9. The zero-order valence-electron chi connectivity index (χ0n) is 13.2. The van der Waals surface area contributed by atoms with Crippen LogP contribution in [0.25, 0.3) is 22.6 Å². The first-order chi connectivity index (χ1) is 11.7. The second-order valence-electron chi connectivity index (χ2n) is 4.92. The molecule has 2 heterocycles. The van der Waals surface area contributed by atoms with Crippen LogP contribution >= 0.6 is 22.6 Å². The Morgan fingerprint density at radius 2 is 2.00 bits per heavy atom. The Hall–Kier alpha value is -2.07. The van der Waals surface area contributed by atoms with E-state index in [1.807, 2.05) is 16.7 Å². The molecule has 8 heteroatoms. The van der Waals surface area contributed by atoms with Crippen LogP contribution in [0.2, 0.25) is 0 Å². The van der Waals surface area contributed by atoms with Gasteiger partial charge < -0.3 is 9.47 Å². The average molecular weight is 438 g/mol. The van der Waals surface area contributed by atoms with E-state index < -0.39 is 0 Å². The van der Waals surface area contributed by atoms with Gasteiger partial charge in [0, 0.05) is 12.7 Å². The van der Waals surface area contributed by atoms with Crippen molar-refractivity contribution in [1.29, 1.82) is 0 Å². The summed E-state index contributed by atoms with van der Waals surface area (Å²) in [6.07, 6.45) is 1.51. The summed E-state index contributed by atoms with van der Waals surface area (Å²) in [5.41, 5.74) is 2.79. The van der Waals surface area contributed by atoms with Crippen molar-refractivity contribution in [3.8, 4) is 11.4 Å². The Bertz CT molecular complexity index is 877. The summed E-state index contributed by atoms with van der Waals surface area (Å²) in [6, 6.07) is 7.11. The van der Waals surface area contributed by atoms with Gasteiger partial charge in [0.25, 0.3) is 0 Å². The molecule has 0 aliphatic carbocycles. The van der Waals surface area contributed by atoms with Crippen molar-refractivity contribution in [2.45, 2.75) is 13.7 Å². The fraction of sp³-hybridized carbons (Fsp3) is 0.250. The number of carbonyl (C=O) groups excluding carboxylic acids is 1. The minimum atomic E-state index is -0.338. The van der Waals surface area contributed by atoms with E-state index in [0.717, 1.165) is 14.8 Å². The topological polar surface area (TPSA) is 79.1 Å². The van der Waals surface area contributed by atoms with Gasteiger partial charge in [-0.25, -0.2) is 19.7 Å². The van der Waals surface area contributed by atoms with Gasteiger partial charge in [-0.2, -0.15) is 0 Å². The minimum Gasteiger partial charge on any atom is -0.462 e. The van der Waals surface area contributed by atoms with E-state index in [9.17, 15) is 4.79 Å². The lowest BCUT2D eigenvalue weighted by Crippen LogP contribution is -2.05. The molecule has 0 spiro atoms. The van der Waals surface area contributed by atoms with Crippen molar-refractivity contribution in [3.63, 3.8) is 0 Å². The highest BCUT2D eigenvalue weighted by Gasteiger charge is 2.16. The maximum absolute atomic E-state index is 11.8. The highest BCUT2D eigenvalue weighted by atomic mass is 127. The Kier molecular flexibility index (Phi) is 5.05. The number of ether oxygens (including phenoxy) is 2. The summed E-state index contributed by atoms with van der Waals surface area (Å²) in [6.45, 7) is 2.45. The first-order valence-corrected chi connectivity index (χ1v) is 8.36. The molecule has 0 aliphatic rings. The van der Waals surface area contributed by atoms with E-state index in [0.29, 0.717) is 30.4 Å². The molecule has 124 valence electrons. The van der Waals surface area contributed by atoms with Crippen LogP contribution in [0.4, 0.5) is 0 Å². The first-order valence-electron chi connectivity index (χ1n) is 7.29. The highest BCUT2D eigenvalue weighted by molar-refractivity contribution is 14.1. The normalized spacial score (nSPS) is 11.0. The van der Waals surface area contributed by atoms with Crippen molar-refractivity contribution in [3.05, 3.63) is 39.9 Å². The predicted octanol–water partition coefficient (Wildman–Crippen LogP) is 2.88. The standard InChI is InChI=1S/C16H15IN4O3/c1-3-24-16(22)11-6-4-10(5-7-11)14-20-12-13(17)18-8-19-15(12)21(14)9-23-2/h4-8H,3,9H2,1-2H3. The van der Waals surface area contributed by atoms with E-state index in [4.69, 9.17) is 9.47 Å². The SMILES string of the molecule is CCOC(=O)c1ccc(-c2nc3c(I)ncnc3n2COC)cc1. The molecule has 0 aliphatic heterocycles. The smallest absolute Gasteiger partial charge is 0.338 e. The Labute approximate surface area is 152 Å². The number of rotatable bonds is 5. The molecule has 3 rings (SSSR count). The van der Waals surface area contributed by atoms with Crippen LogP contribution < -0.4 is 0 Å². The van der Waals surface area contributed by atoms with Crippen LogP contribution in [0.5, 0.6) is 0 Å². The second kappa shape index (κ2) is 7.22. The molecule has 0 amide bonds. The van der Waals surface area contributed by atoms with Crippen LogP contribution in [-0.2, 0) is 16.2 Å². The Balaban J connectivity index is 2.07. The Morgan fingerprint density at radius 1 is 1.25 bits per heavy atom. The maximum Gasteiger partial charge on any atom is 0.338 e. The summed E-state index contributed by atoms with van der Waals surface area (Å²) in [5, 5.41) is 0. The molecule has 0 bridgehead atoms. The van der Waals surface area contributed by atoms with Gasteiger partial charge in [-0.15, -0.1) is 0 Å². The number of hydrogen-bond donors (Lipinski definition) is 0. The number of nitrogens with zero attached hydrogens (tertiary/aromatic N) is 4. The van der Waals surface area contributed by atoms with Gasteiger partial charge in [0.05, 0.1) is 12.2 Å². The van der Waals surface area contributed by atoms with Crippen LogP contribution in [0.1, 0.15) is 17.3 Å². The summed E-state index contributed by atoms with van der Waals surface area (Å²) >= 11 is 2.13. The van der Waals surface area contributed by atoms with Gasteiger partial charge in [0.1, 0.15) is 28.1 Å². The molecule has 2 aromatic heterocycles. The van der Waals surface area contributed by atoms with E-state index in [1.165, 1.54) is 6.33 Å². The number of carbonyl (C=O) groups is 1. The number of methoxy groups -OCH3 is 1. The van der Waals surface area contributed by atoms with Crippen LogP contribution in [0, 0.1) is 3.70 Å². The first kappa shape index (κ1) is 16.8. The monoisotopic (exact) mass is 438 g/mol. The van der Waals surface area contributed by atoms with Gasteiger partial charge in [-0.3, -0.25) is 4.57 Å². The number of fused-ring (bicyclic) bond motifs is 1. The number of hydrogen-bond acceptors (Lipinski definition) is 6. The van der Waals surface area contributed by atoms with Gasteiger partial charge in [-0.05, 0) is 41.6 Å². The number of benzene rings is 1. The molecular formula is C16H15IN4O3. The van der Waals surface area contributed by atoms with E-state index in [1.54, 1.807) is 26.2 Å². The largest absolute Gasteiger partial charge is 0.462 e. The summed E-state index contributed by atoms with van der Waals surface area (Å²) in [5.74, 6) is 0.371. The number of aromatic nitrogens is 4. The molecule has 0 unspecified atom stereocenters. The van der Waals surface area contributed by atoms with Crippen molar-refractivity contribution < 1.29 is 14.3 Å². The quantitative estimate of drug-likeness (QED) is 0.346.